The van der Waals surface area contributed by atoms with Gasteiger partial charge in [0.1, 0.15) is 0 Å². The Bertz CT molecular complexity index is 623. The fourth-order valence-electron chi connectivity index (χ4n) is 1.78. The molecular formula is C12H14ClNO4S. The number of carboxylic acids is 1. The Morgan fingerprint density at radius 2 is 2.11 bits per heavy atom. The summed E-state index contributed by atoms with van der Waals surface area (Å²) >= 11 is 5.79. The molecule has 0 spiro atoms. The molecule has 0 unspecified atom stereocenters. The summed E-state index contributed by atoms with van der Waals surface area (Å²) in [7, 11) is -3.72. The van der Waals surface area contributed by atoms with E-state index in [0.29, 0.717) is 12.5 Å². The fourth-order valence-corrected chi connectivity index (χ4v) is 3.47. The molecule has 2 rings (SSSR count). The van der Waals surface area contributed by atoms with E-state index in [-0.39, 0.29) is 21.0 Å². The van der Waals surface area contributed by atoms with E-state index in [4.69, 9.17) is 16.7 Å². The van der Waals surface area contributed by atoms with Crippen molar-refractivity contribution < 1.29 is 18.3 Å². The third kappa shape index (κ3) is 3.26. The van der Waals surface area contributed by atoms with E-state index in [2.05, 4.69) is 4.72 Å². The number of sulfonamides is 1. The van der Waals surface area contributed by atoms with Gasteiger partial charge in [-0.05, 0) is 43.4 Å². The topological polar surface area (TPSA) is 83.5 Å². The number of aromatic carboxylic acids is 1. The van der Waals surface area contributed by atoms with E-state index in [1.54, 1.807) is 0 Å². The minimum absolute atomic E-state index is 0.0712. The number of hydrogen-bond donors (Lipinski definition) is 2. The molecule has 0 aliphatic heterocycles. The van der Waals surface area contributed by atoms with Crippen molar-refractivity contribution in [3.05, 3.63) is 28.3 Å². The van der Waals surface area contributed by atoms with Crippen molar-refractivity contribution >= 4 is 27.6 Å². The average molecular weight is 304 g/mol. The van der Waals surface area contributed by atoms with Gasteiger partial charge in [0.25, 0.3) is 0 Å². The molecule has 0 atom stereocenters. The van der Waals surface area contributed by atoms with Gasteiger partial charge in [-0.25, -0.2) is 17.9 Å². The molecular weight excluding hydrogens is 290 g/mol. The molecule has 19 heavy (non-hydrogen) atoms. The first-order valence-corrected chi connectivity index (χ1v) is 7.70. The molecule has 5 nitrogen and oxygen atoms in total. The lowest BCUT2D eigenvalue weighted by Crippen LogP contribution is -2.27. The van der Waals surface area contributed by atoms with Crippen LogP contribution in [0.25, 0.3) is 0 Å². The lowest BCUT2D eigenvalue weighted by molar-refractivity contribution is 0.0696. The standard InChI is InChI=1S/C12H14ClNO4S/c1-7-10(12(15)16)4-9(13)5-11(7)19(17,18)14-6-8-2-3-8/h4-5,8,14H,2-3,6H2,1H3,(H,15,16). The van der Waals surface area contributed by atoms with Crippen molar-refractivity contribution in [3.63, 3.8) is 0 Å². The van der Waals surface area contributed by atoms with Gasteiger partial charge in [-0.15, -0.1) is 0 Å². The SMILES string of the molecule is Cc1c(C(=O)O)cc(Cl)cc1S(=O)(=O)NCC1CC1. The van der Waals surface area contributed by atoms with Crippen molar-refractivity contribution in [2.24, 2.45) is 5.92 Å². The Balaban J connectivity index is 2.39. The molecule has 1 aromatic rings. The van der Waals surface area contributed by atoms with Gasteiger partial charge in [-0.2, -0.15) is 0 Å². The van der Waals surface area contributed by atoms with Gasteiger partial charge in [0, 0.05) is 11.6 Å². The molecule has 0 heterocycles. The monoisotopic (exact) mass is 303 g/mol. The van der Waals surface area contributed by atoms with Crippen LogP contribution in [0, 0.1) is 12.8 Å². The molecule has 0 saturated heterocycles. The number of benzene rings is 1. The van der Waals surface area contributed by atoms with Crippen LogP contribution in [-0.2, 0) is 10.0 Å². The lowest BCUT2D eigenvalue weighted by atomic mass is 10.1. The second-order valence-corrected chi connectivity index (χ2v) is 6.85. The maximum Gasteiger partial charge on any atom is 0.336 e. The Hall–Kier alpha value is -1.11. The predicted octanol–water partition coefficient (Wildman–Crippen LogP) is 2.03. The molecule has 1 fully saturated rings. The molecule has 104 valence electrons. The molecule has 7 heteroatoms. The smallest absolute Gasteiger partial charge is 0.336 e. The summed E-state index contributed by atoms with van der Waals surface area (Å²) in [5.74, 6) is -0.799. The zero-order chi connectivity index (χ0) is 14.2. The van der Waals surface area contributed by atoms with Gasteiger partial charge in [-0.1, -0.05) is 11.6 Å². The first-order valence-electron chi connectivity index (χ1n) is 5.84. The second kappa shape index (κ2) is 5.11. The lowest BCUT2D eigenvalue weighted by Gasteiger charge is -2.11. The summed E-state index contributed by atoms with van der Waals surface area (Å²) in [5, 5.41) is 9.13. The highest BCUT2D eigenvalue weighted by atomic mass is 35.5. The normalized spacial score (nSPS) is 15.5. The van der Waals surface area contributed by atoms with Crippen LogP contribution in [0.4, 0.5) is 0 Å². The number of nitrogens with one attached hydrogen (secondary N) is 1. The van der Waals surface area contributed by atoms with Crippen LogP contribution < -0.4 is 4.72 Å². The first kappa shape index (κ1) is 14.3. The second-order valence-electron chi connectivity index (χ2n) is 4.68. The van der Waals surface area contributed by atoms with Crippen LogP contribution in [0.2, 0.25) is 5.02 Å². The van der Waals surface area contributed by atoms with Crippen molar-refractivity contribution in [1.29, 1.82) is 0 Å². The quantitative estimate of drug-likeness (QED) is 0.872. The van der Waals surface area contributed by atoms with Crippen LogP contribution in [0.15, 0.2) is 17.0 Å². The number of halogens is 1. The molecule has 2 N–H and O–H groups in total. The average Bonchev–Trinajstić information content (AvgIpc) is 3.12. The molecule has 1 aliphatic rings. The summed E-state index contributed by atoms with van der Waals surface area (Å²) in [5.41, 5.74) is 0.0968. The van der Waals surface area contributed by atoms with Gasteiger partial charge < -0.3 is 5.11 Å². The summed E-state index contributed by atoms with van der Waals surface area (Å²) < 4.78 is 26.8. The Kier molecular flexibility index (Phi) is 3.85. The van der Waals surface area contributed by atoms with E-state index < -0.39 is 16.0 Å². The molecule has 0 radical (unpaired) electrons. The third-order valence-electron chi connectivity index (χ3n) is 3.10. The Labute approximate surface area is 116 Å². The maximum atomic E-state index is 12.1. The van der Waals surface area contributed by atoms with Gasteiger partial charge in [-0.3, -0.25) is 0 Å². The summed E-state index contributed by atoms with van der Waals surface area (Å²) in [6.07, 6.45) is 2.05. The molecule has 1 saturated carbocycles. The zero-order valence-electron chi connectivity index (χ0n) is 10.3. The van der Waals surface area contributed by atoms with Gasteiger partial charge >= 0.3 is 5.97 Å². The highest BCUT2D eigenvalue weighted by Crippen LogP contribution is 2.29. The Morgan fingerprint density at radius 3 is 2.63 bits per heavy atom. The van der Waals surface area contributed by atoms with Crippen LogP contribution in [0.1, 0.15) is 28.8 Å². The van der Waals surface area contributed by atoms with Crippen molar-refractivity contribution in [3.8, 4) is 0 Å². The van der Waals surface area contributed by atoms with Crippen molar-refractivity contribution in [2.75, 3.05) is 6.54 Å². The summed E-state index contributed by atoms with van der Waals surface area (Å²) in [6, 6.07) is 2.53. The van der Waals surface area contributed by atoms with Gasteiger partial charge in [0.15, 0.2) is 0 Å². The van der Waals surface area contributed by atoms with E-state index in [1.165, 1.54) is 19.1 Å². The molecule has 0 amide bonds. The molecule has 1 aromatic carbocycles. The van der Waals surface area contributed by atoms with Crippen LogP contribution in [0.3, 0.4) is 0 Å². The highest BCUT2D eigenvalue weighted by molar-refractivity contribution is 7.89. The third-order valence-corrected chi connectivity index (χ3v) is 4.87. The highest BCUT2D eigenvalue weighted by Gasteiger charge is 2.26. The van der Waals surface area contributed by atoms with Gasteiger partial charge in [0.2, 0.25) is 10.0 Å². The largest absolute Gasteiger partial charge is 0.478 e. The number of carbonyl (C=O) groups is 1. The maximum absolute atomic E-state index is 12.1. The molecule has 0 bridgehead atoms. The van der Waals surface area contributed by atoms with Crippen molar-refractivity contribution in [1.82, 2.24) is 4.72 Å². The first-order chi connectivity index (χ1) is 8.81. The van der Waals surface area contributed by atoms with Gasteiger partial charge in [0.05, 0.1) is 10.5 Å². The summed E-state index contributed by atoms with van der Waals surface area (Å²) in [6.45, 7) is 1.85. The van der Waals surface area contributed by atoms with Crippen molar-refractivity contribution in [2.45, 2.75) is 24.7 Å². The minimum atomic E-state index is -3.72. The van der Waals surface area contributed by atoms with E-state index in [1.807, 2.05) is 0 Å². The Morgan fingerprint density at radius 1 is 1.47 bits per heavy atom. The number of hydrogen-bond acceptors (Lipinski definition) is 3. The summed E-state index contributed by atoms with van der Waals surface area (Å²) in [4.78, 5) is 11.0. The van der Waals surface area contributed by atoms with E-state index in [9.17, 15) is 13.2 Å². The van der Waals surface area contributed by atoms with Crippen LogP contribution in [-0.4, -0.2) is 26.0 Å². The van der Waals surface area contributed by atoms with E-state index in [0.717, 1.165) is 12.8 Å². The van der Waals surface area contributed by atoms with Crippen LogP contribution >= 0.6 is 11.6 Å². The fraction of sp³-hybridized carbons (Fsp3) is 0.417. The zero-order valence-corrected chi connectivity index (χ0v) is 11.9. The van der Waals surface area contributed by atoms with Crippen LogP contribution in [0.5, 0.6) is 0 Å². The minimum Gasteiger partial charge on any atom is -0.478 e. The predicted molar refractivity (Wildman–Crippen MR) is 71.1 cm³/mol. The number of carboxylic acid groups (broad SMARTS) is 1. The molecule has 0 aromatic heterocycles. The molecule has 1 aliphatic carbocycles. The van der Waals surface area contributed by atoms with E-state index >= 15 is 0 Å². The number of rotatable bonds is 5.